The van der Waals surface area contributed by atoms with Crippen molar-refractivity contribution in [3.8, 4) is 11.3 Å². The fourth-order valence-electron chi connectivity index (χ4n) is 6.44. The van der Waals surface area contributed by atoms with Gasteiger partial charge < -0.3 is 5.11 Å². The minimum Gasteiger partial charge on any atom is -0.390 e. The molecule has 2 bridgehead atoms. The number of nitrogens with zero attached hydrogens (tertiary/aromatic N) is 6. The van der Waals surface area contributed by atoms with Crippen LogP contribution in [-0.2, 0) is 11.8 Å². The number of rotatable bonds is 5. The smallest absolute Gasteiger partial charge is 0.250 e. The molecule has 2 aliphatic carbocycles. The van der Waals surface area contributed by atoms with E-state index in [0.29, 0.717) is 18.1 Å². The Balaban J connectivity index is 1.60. The van der Waals surface area contributed by atoms with E-state index in [1.807, 2.05) is 19.1 Å². The summed E-state index contributed by atoms with van der Waals surface area (Å²) in [5.41, 5.74) is 1.47. The quantitative estimate of drug-likeness (QED) is 0.352. The zero-order chi connectivity index (χ0) is 27.5. The maximum absolute atomic E-state index is 14.5. The molecular weight excluding hydrogens is 486 g/mol. The Morgan fingerprint density at radius 2 is 1.95 bits per heavy atom. The third kappa shape index (κ3) is 3.91. The number of hydrogen-bond acceptors (Lipinski definition) is 5. The molecule has 0 saturated heterocycles. The Labute approximate surface area is 221 Å². The highest BCUT2D eigenvalue weighted by atomic mass is 19.1. The number of aliphatic hydroxyl groups is 1. The second kappa shape index (κ2) is 9.01. The fourth-order valence-corrected chi connectivity index (χ4v) is 6.44. The van der Waals surface area contributed by atoms with Crippen LogP contribution in [0.1, 0.15) is 70.3 Å². The zero-order valence-corrected chi connectivity index (χ0v) is 22.3. The Bertz CT molecular complexity index is 1460. The summed E-state index contributed by atoms with van der Waals surface area (Å²) in [4.78, 5) is 9.11. The Morgan fingerprint density at radius 3 is 2.58 bits per heavy atom. The first kappa shape index (κ1) is 26.0. The molecule has 1 N–H and O–H groups in total. The van der Waals surface area contributed by atoms with Gasteiger partial charge in [0.1, 0.15) is 11.6 Å². The molecule has 9 heteroatoms. The van der Waals surface area contributed by atoms with Crippen LogP contribution in [0.3, 0.4) is 0 Å². The third-order valence-corrected chi connectivity index (χ3v) is 8.14. The number of allylic oxidation sites excluding steroid dienone is 2. The van der Waals surface area contributed by atoms with Crippen LogP contribution in [0, 0.1) is 17.0 Å². The second-order valence-electron chi connectivity index (χ2n) is 11.3. The van der Waals surface area contributed by atoms with E-state index in [2.05, 4.69) is 40.9 Å². The van der Waals surface area contributed by atoms with Gasteiger partial charge in [0, 0.05) is 12.6 Å². The van der Waals surface area contributed by atoms with E-state index in [4.69, 9.17) is 4.99 Å². The van der Waals surface area contributed by atoms with E-state index in [9.17, 15) is 13.9 Å². The van der Waals surface area contributed by atoms with Crippen LogP contribution in [0.2, 0.25) is 0 Å². The molecular formula is C29H32F2N6O. The molecule has 5 rings (SSSR count). The van der Waals surface area contributed by atoms with Crippen molar-refractivity contribution in [3.63, 3.8) is 0 Å². The zero-order valence-electron chi connectivity index (χ0n) is 22.3. The second-order valence-corrected chi connectivity index (χ2v) is 11.3. The summed E-state index contributed by atoms with van der Waals surface area (Å²) in [6, 6.07) is 7.40. The van der Waals surface area contributed by atoms with Crippen molar-refractivity contribution >= 4 is 12.7 Å². The SMILES string of the molecule is C=N/C(=N\C(=C/C)[C@@]12CC[C@@H](c3cc(-c4c(F)cccc4F)nnc31)C2(C)C)n1ccc(CC(C)(C)O)n1. The third-order valence-electron chi connectivity index (χ3n) is 8.14. The molecule has 2 aliphatic rings. The van der Waals surface area contributed by atoms with E-state index in [1.54, 1.807) is 30.8 Å². The Hall–Kier alpha value is -3.59. The standard InChI is InChI=1S/C29H32F2N6O/c1-7-23(33-26(32-6)37-14-12-17(36-37)16-27(2,3)38)29-13-11-19(28(29,4)5)18-15-22(34-35-25(18)29)24-20(30)9-8-10-21(24)31/h7-10,12,14-15,19,38H,6,11,13,16H2,1-5H3/b23-7-,33-26+/t19-,29-/m0/s1. The van der Waals surface area contributed by atoms with Gasteiger partial charge in [-0.25, -0.2) is 23.4 Å². The molecule has 1 saturated carbocycles. The largest absolute Gasteiger partial charge is 0.390 e. The molecule has 0 radical (unpaired) electrons. The first-order valence-corrected chi connectivity index (χ1v) is 12.7. The Kier molecular flexibility index (Phi) is 6.17. The molecule has 0 amide bonds. The van der Waals surface area contributed by atoms with Crippen LogP contribution >= 0.6 is 0 Å². The van der Waals surface area contributed by atoms with Crippen molar-refractivity contribution in [3.05, 3.63) is 76.9 Å². The van der Waals surface area contributed by atoms with Crippen LogP contribution < -0.4 is 0 Å². The van der Waals surface area contributed by atoms with Crippen molar-refractivity contribution in [1.29, 1.82) is 0 Å². The minimum atomic E-state index is -0.898. The molecule has 3 aromatic rings. The number of fused-ring (bicyclic) bond motifs is 5. The summed E-state index contributed by atoms with van der Waals surface area (Å²) in [6.45, 7) is 13.5. The van der Waals surface area contributed by atoms with Gasteiger partial charge in [0.2, 0.25) is 5.96 Å². The van der Waals surface area contributed by atoms with Gasteiger partial charge in [-0.3, -0.25) is 0 Å². The highest BCUT2D eigenvalue weighted by Gasteiger charge is 2.65. The van der Waals surface area contributed by atoms with E-state index in [-0.39, 0.29) is 22.6 Å². The lowest BCUT2D eigenvalue weighted by Gasteiger charge is -2.38. The topological polar surface area (TPSA) is 88.5 Å². The molecule has 7 nitrogen and oxygen atoms in total. The summed E-state index contributed by atoms with van der Waals surface area (Å²) in [7, 11) is 0. The molecule has 0 unspecified atom stereocenters. The van der Waals surface area contributed by atoms with Crippen LogP contribution in [-0.4, -0.2) is 43.4 Å². The van der Waals surface area contributed by atoms with Gasteiger partial charge in [-0.05, 0) is 81.5 Å². The highest BCUT2D eigenvalue weighted by Crippen LogP contribution is 2.70. The van der Waals surface area contributed by atoms with Crippen LogP contribution in [0.15, 0.2) is 58.3 Å². The van der Waals surface area contributed by atoms with Gasteiger partial charge >= 0.3 is 0 Å². The van der Waals surface area contributed by atoms with E-state index < -0.39 is 22.7 Å². The van der Waals surface area contributed by atoms with Crippen LogP contribution in [0.25, 0.3) is 11.3 Å². The molecule has 1 aromatic carbocycles. The first-order chi connectivity index (χ1) is 17.9. The lowest BCUT2D eigenvalue weighted by atomic mass is 9.66. The fraction of sp³-hybridized carbons (Fsp3) is 0.414. The van der Waals surface area contributed by atoms with Gasteiger partial charge in [0.15, 0.2) is 0 Å². The van der Waals surface area contributed by atoms with E-state index >= 15 is 0 Å². The van der Waals surface area contributed by atoms with Gasteiger partial charge in [-0.2, -0.15) is 10.2 Å². The maximum atomic E-state index is 14.5. The molecule has 2 aromatic heterocycles. The summed E-state index contributed by atoms with van der Waals surface area (Å²) in [6.07, 6.45) is 5.77. The summed E-state index contributed by atoms with van der Waals surface area (Å²) in [5.74, 6) is -0.907. The van der Waals surface area contributed by atoms with Crippen molar-refractivity contribution in [1.82, 2.24) is 20.0 Å². The van der Waals surface area contributed by atoms with E-state index in [1.165, 1.54) is 18.2 Å². The number of aromatic nitrogens is 4. The molecule has 0 spiro atoms. The number of hydrogen-bond donors (Lipinski definition) is 1. The number of halogens is 2. The first-order valence-electron chi connectivity index (χ1n) is 12.7. The van der Waals surface area contributed by atoms with Gasteiger partial charge in [0.05, 0.1) is 39.4 Å². The van der Waals surface area contributed by atoms with Crippen LogP contribution in [0.5, 0.6) is 0 Å². The summed E-state index contributed by atoms with van der Waals surface area (Å²) >= 11 is 0. The van der Waals surface area contributed by atoms with Gasteiger partial charge in [-0.15, -0.1) is 5.10 Å². The van der Waals surface area contributed by atoms with Crippen molar-refractivity contribution in [2.45, 2.75) is 70.8 Å². The lowest BCUT2D eigenvalue weighted by molar-refractivity contribution is 0.0799. The van der Waals surface area contributed by atoms with E-state index in [0.717, 1.165) is 29.8 Å². The highest BCUT2D eigenvalue weighted by molar-refractivity contribution is 5.86. The minimum absolute atomic E-state index is 0.120. The lowest BCUT2D eigenvalue weighted by Crippen LogP contribution is -2.37. The van der Waals surface area contributed by atoms with Crippen LogP contribution in [0.4, 0.5) is 8.78 Å². The van der Waals surface area contributed by atoms with Crippen molar-refractivity contribution < 1.29 is 13.9 Å². The molecule has 198 valence electrons. The van der Waals surface area contributed by atoms with Gasteiger partial charge in [-0.1, -0.05) is 26.0 Å². The average Bonchev–Trinajstić information content (AvgIpc) is 3.46. The van der Waals surface area contributed by atoms with Crippen molar-refractivity contribution in [2.75, 3.05) is 0 Å². The predicted octanol–water partition coefficient (Wildman–Crippen LogP) is 5.60. The number of benzene rings is 1. The molecule has 2 heterocycles. The van der Waals surface area contributed by atoms with Gasteiger partial charge in [0.25, 0.3) is 0 Å². The van der Waals surface area contributed by atoms with Crippen molar-refractivity contribution in [2.24, 2.45) is 15.4 Å². The maximum Gasteiger partial charge on any atom is 0.250 e. The molecule has 0 aliphatic heterocycles. The summed E-state index contributed by atoms with van der Waals surface area (Å²) in [5, 5.41) is 23.6. The average molecular weight is 519 g/mol. The summed E-state index contributed by atoms with van der Waals surface area (Å²) < 4.78 is 30.7. The monoisotopic (exact) mass is 518 g/mol. The Morgan fingerprint density at radius 1 is 1.24 bits per heavy atom. The molecule has 38 heavy (non-hydrogen) atoms. The number of aliphatic imine (C=N–C) groups is 2. The molecule has 2 atom stereocenters. The molecule has 1 fully saturated rings. The normalized spacial score (nSPS) is 22.6. The predicted molar refractivity (Wildman–Crippen MR) is 143 cm³/mol.